The van der Waals surface area contributed by atoms with E-state index in [9.17, 15) is 13.5 Å². The molecule has 0 aliphatic rings. The Kier molecular flexibility index (Phi) is 7.25. The van der Waals surface area contributed by atoms with Crippen LogP contribution in [0, 0.1) is 0 Å². The standard InChI is InChI=1S/C34H22BrIO3S/c35-25-17-19-29-24(21-25)16-20-30(37)32(29)34(40(38,39)26-12-5-2-6-13-26)33(36)31-27-14-8-7-11-23(27)15-18-28(31)22-9-3-1-4-10-22/h1-21,37H/b34-33+. The van der Waals surface area contributed by atoms with E-state index >= 15 is 0 Å². The molecule has 0 amide bonds. The largest absolute Gasteiger partial charge is 0.507 e. The molecule has 6 aromatic rings. The summed E-state index contributed by atoms with van der Waals surface area (Å²) in [6.45, 7) is 0. The summed E-state index contributed by atoms with van der Waals surface area (Å²) in [4.78, 5) is 0.229. The molecule has 1 N–H and O–H groups in total. The molecular formula is C34H22BrIO3S. The Labute approximate surface area is 255 Å². The minimum atomic E-state index is -4.09. The van der Waals surface area contributed by atoms with Gasteiger partial charge in [-0.2, -0.15) is 0 Å². The zero-order valence-corrected chi connectivity index (χ0v) is 25.6. The van der Waals surface area contributed by atoms with Crippen molar-refractivity contribution in [3.05, 3.63) is 143 Å². The number of sulfone groups is 1. The normalized spacial score (nSPS) is 12.4. The quantitative estimate of drug-likeness (QED) is 0.143. The van der Waals surface area contributed by atoms with Gasteiger partial charge >= 0.3 is 0 Å². The number of hydrogen-bond acceptors (Lipinski definition) is 3. The van der Waals surface area contributed by atoms with Crippen molar-refractivity contribution in [2.45, 2.75) is 4.90 Å². The van der Waals surface area contributed by atoms with E-state index in [0.29, 0.717) is 8.97 Å². The average molecular weight is 717 g/mol. The topological polar surface area (TPSA) is 54.4 Å². The van der Waals surface area contributed by atoms with Crippen molar-refractivity contribution >= 4 is 78.4 Å². The first-order valence-corrected chi connectivity index (χ1v) is 15.9. The summed E-state index contributed by atoms with van der Waals surface area (Å²) in [5.74, 6) is -0.0972. The van der Waals surface area contributed by atoms with Crippen LogP contribution in [0.4, 0.5) is 0 Å². The van der Waals surface area contributed by atoms with E-state index in [4.69, 9.17) is 0 Å². The third-order valence-corrected chi connectivity index (χ3v) is 10.7. The maximum Gasteiger partial charge on any atom is 0.208 e. The molecule has 0 radical (unpaired) electrons. The van der Waals surface area contributed by atoms with Crippen LogP contribution in [0.1, 0.15) is 11.1 Å². The highest BCUT2D eigenvalue weighted by atomic mass is 127. The van der Waals surface area contributed by atoms with E-state index in [1.807, 2.05) is 78.9 Å². The van der Waals surface area contributed by atoms with Gasteiger partial charge in [0.15, 0.2) is 0 Å². The predicted octanol–water partition coefficient (Wildman–Crippen LogP) is 9.86. The van der Waals surface area contributed by atoms with Crippen molar-refractivity contribution in [2.24, 2.45) is 0 Å². The van der Waals surface area contributed by atoms with Crippen LogP contribution in [-0.2, 0) is 9.84 Å². The Bertz CT molecular complexity index is 2040. The SMILES string of the molecule is O=S(=O)(/C(=C(/I)c1c(-c2ccccc2)ccc2ccccc12)c1c(O)ccc2cc(Br)ccc12)c1ccccc1. The van der Waals surface area contributed by atoms with Gasteiger partial charge in [0.1, 0.15) is 5.75 Å². The molecule has 6 heteroatoms. The van der Waals surface area contributed by atoms with Crippen LogP contribution >= 0.6 is 38.5 Å². The highest BCUT2D eigenvalue weighted by molar-refractivity contribution is 14.1. The number of fused-ring (bicyclic) bond motifs is 2. The molecule has 0 saturated carbocycles. The molecule has 3 nitrogen and oxygen atoms in total. The van der Waals surface area contributed by atoms with E-state index < -0.39 is 9.84 Å². The molecule has 0 bridgehead atoms. The maximum atomic E-state index is 14.6. The molecule has 0 atom stereocenters. The van der Waals surface area contributed by atoms with Crippen molar-refractivity contribution in [1.82, 2.24) is 0 Å². The first-order chi connectivity index (χ1) is 19.4. The van der Waals surface area contributed by atoms with Gasteiger partial charge < -0.3 is 5.11 Å². The number of benzene rings is 6. The summed E-state index contributed by atoms with van der Waals surface area (Å²) >= 11 is 5.68. The molecular weight excluding hydrogens is 695 g/mol. The number of rotatable bonds is 5. The minimum absolute atomic E-state index is 0.0678. The van der Waals surface area contributed by atoms with Crippen LogP contribution in [0.5, 0.6) is 5.75 Å². The fourth-order valence-electron chi connectivity index (χ4n) is 5.09. The second-order valence-electron chi connectivity index (χ2n) is 9.36. The lowest BCUT2D eigenvalue weighted by Crippen LogP contribution is -2.07. The molecule has 196 valence electrons. The molecule has 0 fully saturated rings. The van der Waals surface area contributed by atoms with E-state index in [0.717, 1.165) is 37.3 Å². The molecule has 0 heterocycles. The monoisotopic (exact) mass is 716 g/mol. The Balaban J connectivity index is 1.82. The van der Waals surface area contributed by atoms with Crippen molar-refractivity contribution in [1.29, 1.82) is 0 Å². The van der Waals surface area contributed by atoms with Gasteiger partial charge in [0.05, 0.1) is 9.80 Å². The molecule has 0 saturated heterocycles. The first-order valence-electron chi connectivity index (χ1n) is 12.6. The summed E-state index contributed by atoms with van der Waals surface area (Å²) in [5, 5.41) is 14.7. The summed E-state index contributed by atoms with van der Waals surface area (Å²) in [5.41, 5.74) is 2.96. The zero-order valence-electron chi connectivity index (χ0n) is 21.1. The predicted molar refractivity (Wildman–Crippen MR) is 177 cm³/mol. The number of phenolic OH excluding ortho intramolecular Hbond substituents is 1. The number of phenols is 1. The van der Waals surface area contributed by atoms with Gasteiger partial charge in [0.2, 0.25) is 9.84 Å². The minimum Gasteiger partial charge on any atom is -0.507 e. The van der Waals surface area contributed by atoms with Crippen LogP contribution in [0.3, 0.4) is 0 Å². The average Bonchev–Trinajstić information content (AvgIpc) is 2.98. The van der Waals surface area contributed by atoms with Crippen molar-refractivity contribution in [3.8, 4) is 16.9 Å². The van der Waals surface area contributed by atoms with Gasteiger partial charge in [-0.25, -0.2) is 8.42 Å². The van der Waals surface area contributed by atoms with Gasteiger partial charge in [0.25, 0.3) is 0 Å². The van der Waals surface area contributed by atoms with Crippen molar-refractivity contribution in [2.75, 3.05) is 0 Å². The Morgan fingerprint density at radius 1 is 0.650 bits per heavy atom. The van der Waals surface area contributed by atoms with Gasteiger partial charge in [-0.3, -0.25) is 0 Å². The highest BCUT2D eigenvalue weighted by Crippen LogP contribution is 2.48. The van der Waals surface area contributed by atoms with Gasteiger partial charge in [-0.15, -0.1) is 0 Å². The Morgan fingerprint density at radius 3 is 2.02 bits per heavy atom. The van der Waals surface area contributed by atoms with Crippen LogP contribution in [0.15, 0.2) is 137 Å². The van der Waals surface area contributed by atoms with Crippen molar-refractivity contribution < 1.29 is 13.5 Å². The maximum absolute atomic E-state index is 14.6. The van der Waals surface area contributed by atoms with E-state index in [1.54, 1.807) is 42.5 Å². The lowest BCUT2D eigenvalue weighted by atomic mass is 9.93. The summed E-state index contributed by atoms with van der Waals surface area (Å²) in [6, 6.07) is 39.4. The lowest BCUT2D eigenvalue weighted by molar-refractivity contribution is 0.474. The molecule has 40 heavy (non-hydrogen) atoms. The van der Waals surface area contributed by atoms with Crippen LogP contribution in [-0.4, -0.2) is 13.5 Å². The van der Waals surface area contributed by atoms with E-state index in [2.05, 4.69) is 44.6 Å². The third-order valence-electron chi connectivity index (χ3n) is 6.94. The number of aromatic hydroxyl groups is 1. The third kappa shape index (κ3) is 4.74. The lowest BCUT2D eigenvalue weighted by Gasteiger charge is -2.20. The van der Waals surface area contributed by atoms with Crippen molar-refractivity contribution in [3.63, 3.8) is 0 Å². The molecule has 6 aromatic carbocycles. The van der Waals surface area contributed by atoms with Crippen LogP contribution in [0.25, 0.3) is 41.2 Å². The van der Waals surface area contributed by atoms with Gasteiger partial charge in [-0.05, 0) is 85.6 Å². The molecule has 0 aliphatic carbocycles. The molecule has 0 spiro atoms. The Hall–Kier alpha value is -3.46. The Morgan fingerprint density at radius 2 is 1.27 bits per heavy atom. The summed E-state index contributed by atoms with van der Waals surface area (Å²) in [6.07, 6.45) is 0. The van der Waals surface area contributed by atoms with E-state index in [1.165, 1.54) is 0 Å². The molecule has 6 rings (SSSR count). The summed E-state index contributed by atoms with van der Waals surface area (Å²) in [7, 11) is -4.09. The first kappa shape index (κ1) is 26.7. The zero-order chi connectivity index (χ0) is 27.9. The summed E-state index contributed by atoms with van der Waals surface area (Å²) < 4.78 is 30.6. The second kappa shape index (κ2) is 10.8. The molecule has 0 aromatic heterocycles. The smallest absolute Gasteiger partial charge is 0.208 e. The van der Waals surface area contributed by atoms with Gasteiger partial charge in [-0.1, -0.05) is 113 Å². The fourth-order valence-corrected chi connectivity index (χ4v) is 8.76. The second-order valence-corrected chi connectivity index (χ2v) is 13.2. The number of hydrogen-bond donors (Lipinski definition) is 1. The van der Waals surface area contributed by atoms with Crippen LogP contribution in [0.2, 0.25) is 0 Å². The number of halogens is 2. The van der Waals surface area contributed by atoms with Gasteiger partial charge in [0, 0.05) is 19.2 Å². The molecule has 0 aliphatic heterocycles. The molecule has 0 unspecified atom stereocenters. The van der Waals surface area contributed by atoms with Crippen LogP contribution < -0.4 is 0 Å². The fraction of sp³-hybridized carbons (Fsp3) is 0. The van der Waals surface area contributed by atoms with E-state index in [-0.39, 0.29) is 21.1 Å². The highest BCUT2D eigenvalue weighted by Gasteiger charge is 2.31.